The Hall–Kier alpha value is -1.11. The topological polar surface area (TPSA) is 41.9 Å². The molecule has 0 bridgehead atoms. The summed E-state index contributed by atoms with van der Waals surface area (Å²) in [4.78, 5) is 0. The number of nitrogens with one attached hydrogen (secondary N) is 2. The third-order valence-electron chi connectivity index (χ3n) is 2.55. The van der Waals surface area contributed by atoms with Gasteiger partial charge in [-0.2, -0.15) is 5.10 Å². The second-order valence-electron chi connectivity index (χ2n) is 4.16. The van der Waals surface area contributed by atoms with Gasteiger partial charge < -0.3 is 10.6 Å². The molecule has 0 fully saturated rings. The van der Waals surface area contributed by atoms with Crippen molar-refractivity contribution >= 4 is 50.5 Å². The summed E-state index contributed by atoms with van der Waals surface area (Å²) in [5, 5.41) is 11.8. The predicted octanol–water partition coefficient (Wildman–Crippen LogP) is 3.68. The van der Waals surface area contributed by atoms with E-state index in [0.717, 1.165) is 29.7 Å². The van der Waals surface area contributed by atoms with Crippen LogP contribution in [0.3, 0.4) is 0 Å². The standard InChI is InChI=1S/C13H14BrClN4S/c14-10-8-17-19(9-10)7-1-6-16-13(20)18-12-4-2-11(15)3-5-12/h2-5,8-9H,1,6-7H2,(H2,16,18,20). The molecule has 0 atom stereocenters. The summed E-state index contributed by atoms with van der Waals surface area (Å²) in [5.41, 5.74) is 0.919. The smallest absolute Gasteiger partial charge is 0.170 e. The van der Waals surface area contributed by atoms with E-state index >= 15 is 0 Å². The number of thiocarbonyl (C=S) groups is 1. The van der Waals surface area contributed by atoms with Crippen LogP contribution >= 0.6 is 39.7 Å². The average Bonchev–Trinajstić information content (AvgIpc) is 2.83. The van der Waals surface area contributed by atoms with Crippen LogP contribution in [0, 0.1) is 0 Å². The number of hydrogen-bond donors (Lipinski definition) is 2. The Morgan fingerprint density at radius 2 is 2.10 bits per heavy atom. The molecule has 0 radical (unpaired) electrons. The van der Waals surface area contributed by atoms with Crippen LogP contribution in [0.25, 0.3) is 0 Å². The van der Waals surface area contributed by atoms with Crippen molar-refractivity contribution in [3.63, 3.8) is 0 Å². The van der Waals surface area contributed by atoms with Gasteiger partial charge in [-0.3, -0.25) is 4.68 Å². The summed E-state index contributed by atoms with van der Waals surface area (Å²) in [7, 11) is 0. The summed E-state index contributed by atoms with van der Waals surface area (Å²) in [5.74, 6) is 0. The first-order chi connectivity index (χ1) is 9.63. The highest BCUT2D eigenvalue weighted by molar-refractivity contribution is 9.10. The molecule has 0 amide bonds. The first-order valence-corrected chi connectivity index (χ1v) is 7.70. The van der Waals surface area contributed by atoms with Crippen LogP contribution in [-0.2, 0) is 6.54 Å². The van der Waals surface area contributed by atoms with Gasteiger partial charge in [0.05, 0.1) is 10.7 Å². The minimum Gasteiger partial charge on any atom is -0.362 e. The highest BCUT2D eigenvalue weighted by Crippen LogP contribution is 2.13. The molecule has 0 spiro atoms. The molecule has 2 rings (SSSR count). The summed E-state index contributed by atoms with van der Waals surface area (Å²) in [6.45, 7) is 1.64. The van der Waals surface area contributed by atoms with Crippen LogP contribution in [0.2, 0.25) is 5.02 Å². The molecule has 7 heteroatoms. The first kappa shape index (κ1) is 15.3. The predicted molar refractivity (Wildman–Crippen MR) is 90.2 cm³/mol. The zero-order valence-electron chi connectivity index (χ0n) is 10.6. The fourth-order valence-corrected chi connectivity index (χ4v) is 2.29. The van der Waals surface area contributed by atoms with Crippen molar-refractivity contribution in [3.8, 4) is 0 Å². The van der Waals surface area contributed by atoms with E-state index in [1.165, 1.54) is 0 Å². The summed E-state index contributed by atoms with van der Waals surface area (Å²) < 4.78 is 2.88. The van der Waals surface area contributed by atoms with Gasteiger partial charge in [0, 0.05) is 30.0 Å². The number of anilines is 1. The summed E-state index contributed by atoms with van der Waals surface area (Å²) >= 11 is 14.4. The minimum atomic E-state index is 0.606. The van der Waals surface area contributed by atoms with Crippen molar-refractivity contribution in [2.24, 2.45) is 0 Å². The highest BCUT2D eigenvalue weighted by Gasteiger charge is 1.98. The largest absolute Gasteiger partial charge is 0.362 e. The Balaban J connectivity index is 1.66. The van der Waals surface area contributed by atoms with Gasteiger partial charge in [0.15, 0.2) is 5.11 Å². The lowest BCUT2D eigenvalue weighted by atomic mass is 10.3. The first-order valence-electron chi connectivity index (χ1n) is 6.12. The van der Waals surface area contributed by atoms with Crippen LogP contribution < -0.4 is 10.6 Å². The number of nitrogens with zero attached hydrogens (tertiary/aromatic N) is 2. The molecule has 0 saturated heterocycles. The van der Waals surface area contributed by atoms with Crippen molar-refractivity contribution in [2.75, 3.05) is 11.9 Å². The molecule has 0 saturated carbocycles. The van der Waals surface area contributed by atoms with Crippen LogP contribution in [0.15, 0.2) is 41.1 Å². The van der Waals surface area contributed by atoms with E-state index in [2.05, 4.69) is 31.7 Å². The number of benzene rings is 1. The monoisotopic (exact) mass is 372 g/mol. The fourth-order valence-electron chi connectivity index (χ4n) is 1.61. The molecular weight excluding hydrogens is 360 g/mol. The normalized spacial score (nSPS) is 10.3. The van der Waals surface area contributed by atoms with E-state index in [1.54, 1.807) is 6.20 Å². The van der Waals surface area contributed by atoms with E-state index in [-0.39, 0.29) is 0 Å². The Labute approximate surface area is 136 Å². The van der Waals surface area contributed by atoms with E-state index < -0.39 is 0 Å². The molecule has 0 aliphatic rings. The second kappa shape index (κ2) is 7.61. The van der Waals surface area contributed by atoms with Gasteiger partial charge in [0.1, 0.15) is 0 Å². The summed E-state index contributed by atoms with van der Waals surface area (Å²) in [6, 6.07) is 7.42. The molecule has 2 N–H and O–H groups in total. The SMILES string of the molecule is S=C(NCCCn1cc(Br)cn1)Nc1ccc(Cl)cc1. The minimum absolute atomic E-state index is 0.606. The zero-order valence-corrected chi connectivity index (χ0v) is 13.8. The highest BCUT2D eigenvalue weighted by atomic mass is 79.9. The number of aromatic nitrogens is 2. The third-order valence-corrected chi connectivity index (χ3v) is 3.46. The van der Waals surface area contributed by atoms with Gasteiger partial charge >= 0.3 is 0 Å². The number of rotatable bonds is 5. The Bertz CT molecular complexity index is 570. The average molecular weight is 374 g/mol. The van der Waals surface area contributed by atoms with Gasteiger partial charge in [0.2, 0.25) is 0 Å². The molecular formula is C13H14BrClN4S. The molecule has 0 unspecified atom stereocenters. The molecule has 0 aliphatic carbocycles. The van der Waals surface area contributed by atoms with E-state index in [0.29, 0.717) is 10.1 Å². The van der Waals surface area contributed by atoms with Gasteiger partial charge in [-0.05, 0) is 58.8 Å². The molecule has 1 aromatic heterocycles. The van der Waals surface area contributed by atoms with Gasteiger partial charge in [-0.1, -0.05) is 11.6 Å². The number of halogens is 2. The molecule has 2 aromatic rings. The van der Waals surface area contributed by atoms with Gasteiger partial charge in [0.25, 0.3) is 0 Å². The Kier molecular flexibility index (Phi) is 5.82. The van der Waals surface area contributed by atoms with Gasteiger partial charge in [-0.25, -0.2) is 0 Å². The van der Waals surface area contributed by atoms with Crippen LogP contribution in [0.4, 0.5) is 5.69 Å². The van der Waals surface area contributed by atoms with E-state index in [4.69, 9.17) is 23.8 Å². The van der Waals surface area contributed by atoms with Crippen molar-refractivity contribution in [1.82, 2.24) is 15.1 Å². The molecule has 20 heavy (non-hydrogen) atoms. The van der Waals surface area contributed by atoms with Gasteiger partial charge in [-0.15, -0.1) is 0 Å². The third kappa shape index (κ3) is 5.11. The molecule has 1 heterocycles. The number of hydrogen-bond acceptors (Lipinski definition) is 2. The maximum Gasteiger partial charge on any atom is 0.170 e. The maximum absolute atomic E-state index is 5.82. The van der Waals surface area contributed by atoms with Crippen molar-refractivity contribution < 1.29 is 0 Å². The van der Waals surface area contributed by atoms with Crippen LogP contribution in [-0.4, -0.2) is 21.4 Å². The quantitative estimate of drug-likeness (QED) is 0.620. The van der Waals surface area contributed by atoms with Crippen molar-refractivity contribution in [1.29, 1.82) is 0 Å². The Morgan fingerprint density at radius 1 is 1.35 bits per heavy atom. The van der Waals surface area contributed by atoms with Crippen LogP contribution in [0.1, 0.15) is 6.42 Å². The zero-order chi connectivity index (χ0) is 14.4. The second-order valence-corrected chi connectivity index (χ2v) is 5.92. The molecule has 0 aliphatic heterocycles. The molecule has 106 valence electrons. The lowest BCUT2D eigenvalue weighted by Crippen LogP contribution is -2.29. The maximum atomic E-state index is 5.82. The molecule has 4 nitrogen and oxygen atoms in total. The lowest BCUT2D eigenvalue weighted by Gasteiger charge is -2.10. The lowest BCUT2D eigenvalue weighted by molar-refractivity contribution is 0.573. The fraction of sp³-hybridized carbons (Fsp3) is 0.231. The van der Waals surface area contributed by atoms with Crippen LogP contribution in [0.5, 0.6) is 0 Å². The van der Waals surface area contributed by atoms with Crippen molar-refractivity contribution in [3.05, 3.63) is 46.2 Å². The Morgan fingerprint density at radius 3 is 2.75 bits per heavy atom. The van der Waals surface area contributed by atoms with E-state index in [9.17, 15) is 0 Å². The van der Waals surface area contributed by atoms with E-state index in [1.807, 2.05) is 35.1 Å². The van der Waals surface area contributed by atoms with Crippen molar-refractivity contribution in [2.45, 2.75) is 13.0 Å². The number of aryl methyl sites for hydroxylation is 1. The molecule has 1 aromatic carbocycles. The summed E-state index contributed by atoms with van der Waals surface area (Å²) in [6.07, 6.45) is 4.67.